The summed E-state index contributed by atoms with van der Waals surface area (Å²) in [6, 6.07) is 0. The first kappa shape index (κ1) is 19.7. The molecule has 0 spiro atoms. The van der Waals surface area contributed by atoms with Gasteiger partial charge < -0.3 is 18.6 Å². The molecule has 0 rings (SSSR count). The van der Waals surface area contributed by atoms with Gasteiger partial charge in [-0.05, 0) is 0 Å². The quantitative estimate of drug-likeness (QED) is 0.384. The maximum atomic E-state index is 4.45. The van der Waals surface area contributed by atoms with E-state index in [0.29, 0.717) is 0 Å². The fraction of sp³-hybridized carbons (Fsp3) is 0. The minimum atomic E-state index is 0. The third-order valence-electron chi connectivity index (χ3n) is 0. The summed E-state index contributed by atoms with van der Waals surface area (Å²) in [5, 5.41) is 0. The predicted molar refractivity (Wildman–Crippen MR) is 11.8 cm³/mol. The minimum absolute atomic E-state index is 0. The van der Waals surface area contributed by atoms with Gasteiger partial charge in [-0.15, -0.1) is 0 Å². The van der Waals surface area contributed by atoms with Crippen LogP contribution in [-0.4, -0.2) is 0 Å². The molecule has 0 aliphatic heterocycles. The second kappa shape index (κ2) is 33.9. The molecular formula is H4Cl2MnN. The Labute approximate surface area is 44.1 Å². The van der Waals surface area contributed by atoms with Crippen molar-refractivity contribution in [3.63, 3.8) is 0 Å². The van der Waals surface area contributed by atoms with E-state index in [4.69, 9.17) is 0 Å². The van der Waals surface area contributed by atoms with E-state index in [1.807, 2.05) is 0 Å². The van der Waals surface area contributed by atoms with Crippen molar-refractivity contribution in [1.29, 1.82) is 0 Å². The van der Waals surface area contributed by atoms with Gasteiger partial charge in [0.15, 0.2) is 0 Å². The molecule has 4 heteroatoms. The summed E-state index contributed by atoms with van der Waals surface area (Å²) in [6.07, 6.45) is 0. The van der Waals surface area contributed by atoms with Crippen LogP contribution in [0.4, 0.5) is 0 Å². The van der Waals surface area contributed by atoms with E-state index >= 15 is 0 Å². The van der Waals surface area contributed by atoms with Crippen LogP contribution in [0, 0.1) is 0 Å². The molecule has 4 N–H and O–H groups in total. The smallest absolute Gasteiger partial charge is 0.369 e. The Morgan fingerprint density at radius 3 is 1.25 bits per heavy atom. The fourth-order valence-corrected chi connectivity index (χ4v) is 0. The molecule has 0 heterocycles. The second-order valence-electron chi connectivity index (χ2n) is 0. The molecule has 0 fully saturated rings. The monoisotopic (exact) mass is 143 g/mol. The van der Waals surface area contributed by atoms with Crippen molar-refractivity contribution in [3.8, 4) is 0 Å². The number of quaternary nitrogens is 1. The van der Waals surface area contributed by atoms with Gasteiger partial charge in [-0.2, -0.15) is 0 Å². The van der Waals surface area contributed by atoms with Crippen LogP contribution in [0.5, 0.6) is 0 Å². The molecule has 0 radical (unpaired) electrons. The van der Waals surface area contributed by atoms with E-state index in [9.17, 15) is 0 Å². The zero-order chi connectivity index (χ0) is 2.00. The maximum Gasteiger partial charge on any atom is -0.369 e. The van der Waals surface area contributed by atoms with Crippen LogP contribution in [0.1, 0.15) is 0 Å². The molecule has 4 heavy (non-hydrogen) atoms. The summed E-state index contributed by atoms with van der Waals surface area (Å²) in [6.45, 7) is 0. The fourth-order valence-electron chi connectivity index (χ4n) is 0. The molecule has 30 valence electrons. The molecule has 0 saturated carbocycles. The van der Waals surface area contributed by atoms with E-state index in [-0.39, 0.29) is 18.6 Å². The Balaban J connectivity index is -0.00000000500. The summed E-state index contributed by atoms with van der Waals surface area (Å²) < 4.78 is 0. The SMILES string of the molecule is [Cl-].[Cl][Mn].[NH4+]. The number of halogens is 2. The Morgan fingerprint density at radius 1 is 1.25 bits per heavy atom. The molecule has 0 unspecified atom stereocenters. The van der Waals surface area contributed by atoms with Gasteiger partial charge in [0.05, 0.1) is 0 Å². The Bertz CT molecular complexity index is 6.00. The molecule has 0 amide bonds. The Hall–Kier alpha value is 1.06. The largest absolute Gasteiger partial charge is 0.369 e. The van der Waals surface area contributed by atoms with Crippen molar-refractivity contribution < 1.29 is 27.5 Å². The van der Waals surface area contributed by atoms with Gasteiger partial charge in [-0.3, -0.25) is 0 Å². The van der Waals surface area contributed by atoms with Gasteiger partial charge in [0.25, 0.3) is 0 Å². The second-order valence-corrected chi connectivity index (χ2v) is 0. The van der Waals surface area contributed by atoms with Gasteiger partial charge in [0.2, 0.25) is 0 Å². The molecular weight excluding hydrogens is 140 g/mol. The number of hydrogen-bond donors (Lipinski definition) is 1. The molecule has 0 atom stereocenters. The van der Waals surface area contributed by atoms with Crippen LogP contribution < -0.4 is 18.6 Å². The van der Waals surface area contributed by atoms with Crippen LogP contribution >= 0.6 is 10.1 Å². The van der Waals surface area contributed by atoms with E-state index in [2.05, 4.69) is 25.2 Å². The standard InChI is InChI=1S/2ClH.Mn.H3N/h2*1H;;1H3/q;;+1;/p-1. The van der Waals surface area contributed by atoms with Crippen molar-refractivity contribution in [2.75, 3.05) is 0 Å². The topological polar surface area (TPSA) is 36.5 Å². The average Bonchev–Trinajstić information content (AvgIpc) is 1.00. The molecule has 0 saturated heterocycles. The van der Waals surface area contributed by atoms with E-state index in [1.54, 1.807) is 0 Å². The van der Waals surface area contributed by atoms with Crippen molar-refractivity contribution in [1.82, 2.24) is 6.15 Å². The summed E-state index contributed by atoms with van der Waals surface area (Å²) >= 11 is 2.41. The average molecular weight is 144 g/mol. The normalized spacial score (nSPS) is 1.50. The van der Waals surface area contributed by atoms with Crippen LogP contribution in [-0.2, 0) is 15.1 Å². The van der Waals surface area contributed by atoms with E-state index in [0.717, 1.165) is 0 Å². The van der Waals surface area contributed by atoms with Crippen LogP contribution in [0.25, 0.3) is 0 Å². The van der Waals surface area contributed by atoms with Gasteiger partial charge in [0, 0.05) is 0 Å². The summed E-state index contributed by atoms with van der Waals surface area (Å²) in [5.74, 6) is 0. The third kappa shape index (κ3) is 11.6. The summed E-state index contributed by atoms with van der Waals surface area (Å²) in [7, 11) is 4.45. The van der Waals surface area contributed by atoms with Gasteiger partial charge in [-0.1, -0.05) is 0 Å². The zero-order valence-electron chi connectivity index (χ0n) is 2.13. The van der Waals surface area contributed by atoms with Crippen LogP contribution in [0.3, 0.4) is 0 Å². The Kier molecular flexibility index (Phi) is 166. The molecule has 0 aliphatic rings. The third-order valence-corrected chi connectivity index (χ3v) is 0. The van der Waals surface area contributed by atoms with Gasteiger partial charge in [0.1, 0.15) is 0 Å². The van der Waals surface area contributed by atoms with Gasteiger partial charge >= 0.3 is 25.2 Å². The van der Waals surface area contributed by atoms with E-state index in [1.165, 1.54) is 0 Å². The number of rotatable bonds is 0. The predicted octanol–water partition coefficient (Wildman–Crippen LogP) is -1.93. The molecule has 0 aromatic heterocycles. The summed E-state index contributed by atoms with van der Waals surface area (Å²) in [4.78, 5) is 0. The molecule has 0 aromatic rings. The zero-order valence-corrected chi connectivity index (χ0v) is 4.83. The van der Waals surface area contributed by atoms with Gasteiger partial charge in [-0.25, -0.2) is 0 Å². The molecule has 1 nitrogen and oxygen atoms in total. The molecule has 0 aliphatic carbocycles. The minimum Gasteiger partial charge on any atom is -0.369 e. The first-order chi connectivity index (χ1) is 1.00. The van der Waals surface area contributed by atoms with Crippen molar-refractivity contribution in [3.05, 3.63) is 0 Å². The molecule has 0 bridgehead atoms. The van der Waals surface area contributed by atoms with Crippen molar-refractivity contribution in [2.24, 2.45) is 0 Å². The first-order valence-corrected chi connectivity index (χ1v) is 1.77. The van der Waals surface area contributed by atoms with Crippen molar-refractivity contribution >= 4 is 10.1 Å². The Morgan fingerprint density at radius 2 is 1.25 bits per heavy atom. The maximum absolute atomic E-state index is 4.45. The van der Waals surface area contributed by atoms with Crippen LogP contribution in [0.2, 0.25) is 0 Å². The van der Waals surface area contributed by atoms with E-state index < -0.39 is 0 Å². The molecule has 0 aromatic carbocycles. The first-order valence-electron chi connectivity index (χ1n) is 0.143. The number of hydrogen-bond acceptors (Lipinski definition) is 0. The van der Waals surface area contributed by atoms with Crippen molar-refractivity contribution in [2.45, 2.75) is 0 Å². The van der Waals surface area contributed by atoms with Crippen LogP contribution in [0.15, 0.2) is 0 Å². The summed E-state index contributed by atoms with van der Waals surface area (Å²) in [5.41, 5.74) is 0.